The first-order chi connectivity index (χ1) is 8.70. The quantitative estimate of drug-likeness (QED) is 0.740. The highest BCUT2D eigenvalue weighted by Crippen LogP contribution is 2.26. The third-order valence-electron chi connectivity index (χ3n) is 2.39. The molecule has 5 nitrogen and oxygen atoms in total. The number of fused-ring (bicyclic) bond motifs is 1. The number of nitrogens with one attached hydrogen (secondary N) is 2. The van der Waals surface area contributed by atoms with E-state index in [1.54, 1.807) is 6.92 Å². The standard InChI is InChI=1S/C12H10N4OS/c1-7-6-10(17)15-11(13-7)16-12-14-8-4-2-3-5-9(8)18-12/h2-6H,1H3,(H2,13,14,15,16,17). The zero-order chi connectivity index (χ0) is 12.5. The summed E-state index contributed by atoms with van der Waals surface area (Å²) < 4.78 is 1.09. The van der Waals surface area contributed by atoms with Gasteiger partial charge in [0.2, 0.25) is 5.95 Å². The lowest BCUT2D eigenvalue weighted by Crippen LogP contribution is -2.10. The van der Waals surface area contributed by atoms with Crippen molar-refractivity contribution in [1.29, 1.82) is 0 Å². The SMILES string of the molecule is Cc1cc(=O)[nH]c(Nc2nc3ccccc3s2)n1. The van der Waals surface area contributed by atoms with Crippen molar-refractivity contribution in [2.75, 3.05) is 5.32 Å². The summed E-state index contributed by atoms with van der Waals surface area (Å²) in [6, 6.07) is 9.31. The van der Waals surface area contributed by atoms with Crippen LogP contribution in [0.1, 0.15) is 5.69 Å². The minimum Gasteiger partial charge on any atom is -0.302 e. The average molecular weight is 258 g/mol. The lowest BCUT2D eigenvalue weighted by atomic mass is 10.3. The molecule has 0 aliphatic heterocycles. The van der Waals surface area contributed by atoms with Crippen LogP contribution in [0.15, 0.2) is 35.1 Å². The largest absolute Gasteiger partial charge is 0.302 e. The minimum atomic E-state index is -0.175. The number of aromatic nitrogens is 3. The highest BCUT2D eigenvalue weighted by Gasteiger charge is 2.04. The summed E-state index contributed by atoms with van der Waals surface area (Å²) in [5.74, 6) is 0.416. The predicted molar refractivity (Wildman–Crippen MR) is 72.5 cm³/mol. The van der Waals surface area contributed by atoms with Crippen LogP contribution in [0.3, 0.4) is 0 Å². The maximum atomic E-state index is 11.3. The highest BCUT2D eigenvalue weighted by molar-refractivity contribution is 7.22. The molecule has 1 aromatic carbocycles. The number of para-hydroxylation sites is 1. The van der Waals surface area contributed by atoms with Gasteiger partial charge in [-0.15, -0.1) is 0 Å². The van der Waals surface area contributed by atoms with Gasteiger partial charge in [-0.2, -0.15) is 0 Å². The summed E-state index contributed by atoms with van der Waals surface area (Å²) in [5.41, 5.74) is 1.42. The monoisotopic (exact) mass is 258 g/mol. The van der Waals surface area contributed by atoms with E-state index >= 15 is 0 Å². The predicted octanol–water partition coefficient (Wildman–Crippen LogP) is 2.43. The van der Waals surface area contributed by atoms with Crippen LogP contribution in [0, 0.1) is 6.92 Å². The van der Waals surface area contributed by atoms with Crippen LogP contribution in [-0.2, 0) is 0 Å². The molecule has 90 valence electrons. The summed E-state index contributed by atoms with van der Waals surface area (Å²) >= 11 is 1.52. The van der Waals surface area contributed by atoms with Crippen molar-refractivity contribution in [1.82, 2.24) is 15.0 Å². The molecule has 3 rings (SSSR count). The third kappa shape index (κ3) is 2.10. The van der Waals surface area contributed by atoms with E-state index in [1.165, 1.54) is 17.4 Å². The van der Waals surface area contributed by atoms with E-state index in [0.29, 0.717) is 16.8 Å². The van der Waals surface area contributed by atoms with Crippen LogP contribution in [0.25, 0.3) is 10.2 Å². The van der Waals surface area contributed by atoms with Gasteiger partial charge in [-0.3, -0.25) is 9.78 Å². The molecular weight excluding hydrogens is 248 g/mol. The molecule has 0 saturated heterocycles. The van der Waals surface area contributed by atoms with E-state index in [9.17, 15) is 4.79 Å². The minimum absolute atomic E-state index is 0.175. The second-order valence-corrected chi connectivity index (χ2v) is 4.88. The summed E-state index contributed by atoms with van der Waals surface area (Å²) in [4.78, 5) is 22.6. The van der Waals surface area contributed by atoms with Gasteiger partial charge in [0.25, 0.3) is 5.56 Å². The maximum absolute atomic E-state index is 11.3. The van der Waals surface area contributed by atoms with E-state index < -0.39 is 0 Å². The highest BCUT2D eigenvalue weighted by atomic mass is 32.1. The van der Waals surface area contributed by atoms with Crippen LogP contribution < -0.4 is 10.9 Å². The van der Waals surface area contributed by atoms with Crippen molar-refractivity contribution in [2.24, 2.45) is 0 Å². The van der Waals surface area contributed by atoms with Crippen molar-refractivity contribution in [3.05, 3.63) is 46.4 Å². The van der Waals surface area contributed by atoms with E-state index in [0.717, 1.165) is 10.2 Å². The molecule has 0 radical (unpaired) electrons. The molecule has 6 heteroatoms. The smallest absolute Gasteiger partial charge is 0.252 e. The third-order valence-corrected chi connectivity index (χ3v) is 3.34. The molecule has 0 saturated carbocycles. The van der Waals surface area contributed by atoms with Gasteiger partial charge in [0.1, 0.15) is 0 Å². The van der Waals surface area contributed by atoms with Gasteiger partial charge in [0, 0.05) is 11.8 Å². The Kier molecular flexibility index (Phi) is 2.56. The first-order valence-electron chi connectivity index (χ1n) is 5.41. The number of benzene rings is 1. The molecule has 18 heavy (non-hydrogen) atoms. The maximum Gasteiger partial charge on any atom is 0.252 e. The number of H-pyrrole nitrogens is 1. The van der Waals surface area contributed by atoms with E-state index in [-0.39, 0.29) is 5.56 Å². The Bertz CT molecular complexity index is 729. The van der Waals surface area contributed by atoms with E-state index in [4.69, 9.17) is 0 Å². The van der Waals surface area contributed by atoms with Crippen molar-refractivity contribution >= 4 is 32.6 Å². The molecule has 0 atom stereocenters. The second-order valence-electron chi connectivity index (χ2n) is 3.85. The van der Waals surface area contributed by atoms with E-state index in [1.807, 2.05) is 24.3 Å². The molecule has 2 aromatic heterocycles. The lowest BCUT2D eigenvalue weighted by molar-refractivity contribution is 1.07. The van der Waals surface area contributed by atoms with Crippen molar-refractivity contribution in [3.8, 4) is 0 Å². The first kappa shape index (κ1) is 10.9. The van der Waals surface area contributed by atoms with Crippen LogP contribution in [0.5, 0.6) is 0 Å². The van der Waals surface area contributed by atoms with Gasteiger partial charge >= 0.3 is 0 Å². The summed E-state index contributed by atoms with van der Waals surface area (Å²) in [6.07, 6.45) is 0. The van der Waals surface area contributed by atoms with Gasteiger partial charge in [-0.25, -0.2) is 9.97 Å². The Morgan fingerprint density at radius 2 is 2.11 bits per heavy atom. The fourth-order valence-electron chi connectivity index (χ4n) is 1.67. The Morgan fingerprint density at radius 3 is 2.89 bits per heavy atom. The molecule has 0 unspecified atom stereocenters. The number of rotatable bonds is 2. The van der Waals surface area contributed by atoms with Gasteiger partial charge in [-0.1, -0.05) is 23.5 Å². The van der Waals surface area contributed by atoms with Gasteiger partial charge in [0.05, 0.1) is 10.2 Å². The van der Waals surface area contributed by atoms with Crippen LogP contribution in [-0.4, -0.2) is 15.0 Å². The summed E-state index contributed by atoms with van der Waals surface area (Å²) in [7, 11) is 0. The number of anilines is 2. The van der Waals surface area contributed by atoms with Crippen LogP contribution in [0.2, 0.25) is 0 Å². The average Bonchev–Trinajstić information content (AvgIpc) is 2.69. The zero-order valence-corrected chi connectivity index (χ0v) is 10.4. The molecular formula is C12H10N4OS. The summed E-state index contributed by atoms with van der Waals surface area (Å²) in [6.45, 7) is 1.78. The molecule has 0 spiro atoms. The molecule has 2 N–H and O–H groups in total. The van der Waals surface area contributed by atoms with Gasteiger partial charge in [0.15, 0.2) is 5.13 Å². The van der Waals surface area contributed by atoms with Crippen LogP contribution in [0.4, 0.5) is 11.1 Å². The summed E-state index contributed by atoms with van der Waals surface area (Å²) in [5, 5.41) is 3.73. The Morgan fingerprint density at radius 1 is 1.28 bits per heavy atom. The molecule has 0 bridgehead atoms. The Labute approximate surface area is 107 Å². The molecule has 2 heterocycles. The zero-order valence-electron chi connectivity index (χ0n) is 9.60. The molecule has 0 fully saturated rings. The fraction of sp³-hybridized carbons (Fsp3) is 0.0833. The van der Waals surface area contributed by atoms with Crippen molar-refractivity contribution in [2.45, 2.75) is 6.92 Å². The molecule has 0 amide bonds. The number of nitrogens with zero attached hydrogens (tertiary/aromatic N) is 2. The number of hydrogen-bond acceptors (Lipinski definition) is 5. The second kappa shape index (κ2) is 4.23. The number of aromatic amines is 1. The van der Waals surface area contributed by atoms with Crippen molar-refractivity contribution in [3.63, 3.8) is 0 Å². The Hall–Kier alpha value is -2.21. The van der Waals surface area contributed by atoms with Crippen LogP contribution >= 0.6 is 11.3 Å². The van der Waals surface area contributed by atoms with Gasteiger partial charge in [-0.05, 0) is 19.1 Å². The normalized spacial score (nSPS) is 10.7. The Balaban J connectivity index is 1.98. The topological polar surface area (TPSA) is 70.7 Å². The molecule has 0 aliphatic carbocycles. The first-order valence-corrected chi connectivity index (χ1v) is 6.23. The molecule has 3 aromatic rings. The van der Waals surface area contributed by atoms with Crippen molar-refractivity contribution < 1.29 is 0 Å². The number of thiazole rings is 1. The molecule has 0 aliphatic rings. The van der Waals surface area contributed by atoms with Gasteiger partial charge < -0.3 is 5.32 Å². The lowest BCUT2D eigenvalue weighted by Gasteiger charge is -2.00. The van der Waals surface area contributed by atoms with E-state index in [2.05, 4.69) is 20.3 Å². The number of hydrogen-bond donors (Lipinski definition) is 2. The fourth-order valence-corrected chi connectivity index (χ4v) is 2.53. The number of aryl methyl sites for hydroxylation is 1.